The van der Waals surface area contributed by atoms with Gasteiger partial charge in [-0.25, -0.2) is 9.97 Å². The standard InChI is InChI=1S/C11H11N5O3/c1-2-19-11-9(16(17)18)10(13-7-14-11)15-8-5-3-4-6-12-8/h3-7H,2H2,1H3,(H,12,13,14,15). The van der Waals surface area contributed by atoms with E-state index in [4.69, 9.17) is 4.74 Å². The summed E-state index contributed by atoms with van der Waals surface area (Å²) in [6.45, 7) is 2.00. The van der Waals surface area contributed by atoms with E-state index in [1.165, 1.54) is 6.33 Å². The van der Waals surface area contributed by atoms with Gasteiger partial charge >= 0.3 is 5.69 Å². The van der Waals surface area contributed by atoms with Crippen molar-refractivity contribution < 1.29 is 9.66 Å². The SMILES string of the molecule is CCOc1ncnc(Nc2ccccn2)c1[N+](=O)[O-]. The van der Waals surface area contributed by atoms with Gasteiger partial charge in [0.15, 0.2) is 0 Å². The number of anilines is 2. The molecule has 2 aromatic rings. The van der Waals surface area contributed by atoms with Crippen LogP contribution in [-0.4, -0.2) is 26.5 Å². The van der Waals surface area contributed by atoms with Gasteiger partial charge in [0.2, 0.25) is 5.82 Å². The van der Waals surface area contributed by atoms with E-state index in [-0.39, 0.29) is 24.0 Å². The van der Waals surface area contributed by atoms with Crippen molar-refractivity contribution in [2.75, 3.05) is 11.9 Å². The van der Waals surface area contributed by atoms with Gasteiger partial charge in [-0.2, -0.15) is 4.98 Å². The highest BCUT2D eigenvalue weighted by Crippen LogP contribution is 2.32. The first-order valence-electron chi connectivity index (χ1n) is 5.52. The molecule has 2 rings (SSSR count). The summed E-state index contributed by atoms with van der Waals surface area (Å²) in [5.74, 6) is 0.426. The second-order valence-electron chi connectivity index (χ2n) is 3.41. The van der Waals surface area contributed by atoms with Crippen LogP contribution >= 0.6 is 0 Å². The number of nitrogens with zero attached hydrogens (tertiary/aromatic N) is 4. The number of nitrogens with one attached hydrogen (secondary N) is 1. The minimum Gasteiger partial charge on any atom is -0.473 e. The van der Waals surface area contributed by atoms with E-state index in [2.05, 4.69) is 20.3 Å². The van der Waals surface area contributed by atoms with Crippen LogP contribution in [0.4, 0.5) is 17.3 Å². The van der Waals surface area contributed by atoms with Gasteiger partial charge in [0.05, 0.1) is 11.5 Å². The molecule has 0 bridgehead atoms. The number of aromatic nitrogens is 3. The molecule has 0 unspecified atom stereocenters. The molecule has 0 aliphatic rings. The quantitative estimate of drug-likeness (QED) is 0.647. The minimum absolute atomic E-state index is 0.0437. The van der Waals surface area contributed by atoms with Crippen molar-refractivity contribution in [1.82, 2.24) is 15.0 Å². The third-order valence-electron chi connectivity index (χ3n) is 2.16. The molecule has 0 aliphatic carbocycles. The highest BCUT2D eigenvalue weighted by Gasteiger charge is 2.24. The summed E-state index contributed by atoms with van der Waals surface area (Å²) in [5, 5.41) is 13.9. The molecule has 0 saturated heterocycles. The zero-order valence-electron chi connectivity index (χ0n) is 10.1. The van der Waals surface area contributed by atoms with Crippen molar-refractivity contribution >= 4 is 17.3 Å². The fourth-order valence-electron chi connectivity index (χ4n) is 1.42. The lowest BCUT2D eigenvalue weighted by molar-refractivity contribution is -0.385. The predicted molar refractivity (Wildman–Crippen MR) is 67.4 cm³/mol. The van der Waals surface area contributed by atoms with Gasteiger partial charge in [-0.1, -0.05) is 6.07 Å². The molecule has 0 atom stereocenters. The van der Waals surface area contributed by atoms with E-state index < -0.39 is 4.92 Å². The summed E-state index contributed by atoms with van der Waals surface area (Å²) in [6, 6.07) is 5.17. The molecule has 0 saturated carbocycles. The van der Waals surface area contributed by atoms with Crippen LogP contribution in [0.5, 0.6) is 5.88 Å². The fourth-order valence-corrected chi connectivity index (χ4v) is 1.42. The van der Waals surface area contributed by atoms with Crippen molar-refractivity contribution in [3.8, 4) is 5.88 Å². The van der Waals surface area contributed by atoms with E-state index in [1.807, 2.05) is 0 Å². The Morgan fingerprint density at radius 3 is 2.84 bits per heavy atom. The second kappa shape index (κ2) is 5.71. The van der Waals surface area contributed by atoms with E-state index >= 15 is 0 Å². The summed E-state index contributed by atoms with van der Waals surface area (Å²) < 4.78 is 5.12. The third-order valence-corrected chi connectivity index (χ3v) is 2.16. The van der Waals surface area contributed by atoms with E-state index in [9.17, 15) is 10.1 Å². The third kappa shape index (κ3) is 2.92. The maximum absolute atomic E-state index is 11.1. The smallest absolute Gasteiger partial charge is 0.373 e. The van der Waals surface area contributed by atoms with Crippen LogP contribution < -0.4 is 10.1 Å². The van der Waals surface area contributed by atoms with Crippen LogP contribution in [-0.2, 0) is 0 Å². The minimum atomic E-state index is -0.587. The van der Waals surface area contributed by atoms with Gasteiger partial charge < -0.3 is 10.1 Å². The lowest BCUT2D eigenvalue weighted by Crippen LogP contribution is -2.05. The van der Waals surface area contributed by atoms with Gasteiger partial charge in [0.1, 0.15) is 12.1 Å². The van der Waals surface area contributed by atoms with Gasteiger partial charge in [0.25, 0.3) is 5.88 Å². The Bertz CT molecular complexity index is 576. The largest absolute Gasteiger partial charge is 0.473 e. The Morgan fingerprint density at radius 2 is 2.21 bits per heavy atom. The zero-order chi connectivity index (χ0) is 13.7. The number of pyridine rings is 1. The molecule has 98 valence electrons. The first-order chi connectivity index (χ1) is 9.22. The molecule has 0 aromatic carbocycles. The summed E-state index contributed by atoms with van der Waals surface area (Å²) in [7, 11) is 0. The number of ether oxygens (including phenoxy) is 1. The van der Waals surface area contributed by atoms with Crippen LogP contribution in [0.25, 0.3) is 0 Å². The second-order valence-corrected chi connectivity index (χ2v) is 3.41. The number of rotatable bonds is 5. The topological polar surface area (TPSA) is 103 Å². The molecule has 8 nitrogen and oxygen atoms in total. The normalized spacial score (nSPS) is 9.95. The fraction of sp³-hybridized carbons (Fsp3) is 0.182. The lowest BCUT2D eigenvalue weighted by atomic mass is 10.4. The average molecular weight is 261 g/mol. The molecule has 2 aromatic heterocycles. The molecule has 0 fully saturated rings. The average Bonchev–Trinajstić information content (AvgIpc) is 2.40. The van der Waals surface area contributed by atoms with Gasteiger partial charge in [0, 0.05) is 6.20 Å². The Labute approximate surface area is 108 Å². The van der Waals surface area contributed by atoms with E-state index in [0.29, 0.717) is 5.82 Å². The van der Waals surface area contributed by atoms with Gasteiger partial charge in [-0.05, 0) is 19.1 Å². The summed E-state index contributed by atoms with van der Waals surface area (Å²) in [6.07, 6.45) is 2.77. The molecule has 0 aliphatic heterocycles. The van der Waals surface area contributed by atoms with Crippen LogP contribution in [0, 0.1) is 10.1 Å². The van der Waals surface area contributed by atoms with Gasteiger partial charge in [-0.3, -0.25) is 10.1 Å². The molecule has 0 amide bonds. The van der Waals surface area contributed by atoms with Crippen LogP contribution in [0.1, 0.15) is 6.92 Å². The molecular weight excluding hydrogens is 250 g/mol. The number of hydrogen-bond acceptors (Lipinski definition) is 7. The van der Waals surface area contributed by atoms with Crippen molar-refractivity contribution in [2.24, 2.45) is 0 Å². The molecule has 19 heavy (non-hydrogen) atoms. The number of hydrogen-bond donors (Lipinski definition) is 1. The number of nitro groups is 1. The Balaban J connectivity index is 2.39. The molecule has 0 spiro atoms. The highest BCUT2D eigenvalue weighted by atomic mass is 16.6. The Morgan fingerprint density at radius 1 is 1.37 bits per heavy atom. The highest BCUT2D eigenvalue weighted by molar-refractivity contribution is 5.66. The Kier molecular flexibility index (Phi) is 3.81. The van der Waals surface area contributed by atoms with E-state index in [1.54, 1.807) is 31.3 Å². The Hall–Kier alpha value is -2.77. The molecule has 1 N–H and O–H groups in total. The predicted octanol–water partition coefficient (Wildman–Crippen LogP) is 1.92. The van der Waals surface area contributed by atoms with Gasteiger partial charge in [-0.15, -0.1) is 0 Å². The summed E-state index contributed by atoms with van der Waals surface area (Å²) in [5.41, 5.74) is -0.310. The van der Waals surface area contributed by atoms with Crippen LogP contribution in [0.3, 0.4) is 0 Å². The summed E-state index contributed by atoms with van der Waals surface area (Å²) in [4.78, 5) is 22.1. The molecular formula is C11H11N5O3. The van der Waals surface area contributed by atoms with Crippen molar-refractivity contribution in [1.29, 1.82) is 0 Å². The zero-order valence-corrected chi connectivity index (χ0v) is 10.1. The van der Waals surface area contributed by atoms with Crippen molar-refractivity contribution in [2.45, 2.75) is 6.92 Å². The molecule has 2 heterocycles. The lowest BCUT2D eigenvalue weighted by Gasteiger charge is -2.07. The maximum Gasteiger partial charge on any atom is 0.373 e. The van der Waals surface area contributed by atoms with E-state index in [0.717, 1.165) is 0 Å². The molecule has 0 radical (unpaired) electrons. The van der Waals surface area contributed by atoms with Crippen LogP contribution in [0.2, 0.25) is 0 Å². The monoisotopic (exact) mass is 261 g/mol. The van der Waals surface area contributed by atoms with Crippen molar-refractivity contribution in [3.63, 3.8) is 0 Å². The maximum atomic E-state index is 11.1. The van der Waals surface area contributed by atoms with Crippen LogP contribution in [0.15, 0.2) is 30.7 Å². The first-order valence-corrected chi connectivity index (χ1v) is 5.52. The van der Waals surface area contributed by atoms with Crippen molar-refractivity contribution in [3.05, 3.63) is 40.8 Å². The molecule has 8 heteroatoms. The first kappa shape index (κ1) is 12.7. The summed E-state index contributed by atoms with van der Waals surface area (Å²) >= 11 is 0.